The third-order valence-corrected chi connectivity index (χ3v) is 3.57. The van der Waals surface area contributed by atoms with Crippen LogP contribution >= 0.6 is 0 Å². The summed E-state index contributed by atoms with van der Waals surface area (Å²) in [5.74, 6) is 0.0753. The average Bonchev–Trinajstić information content (AvgIpc) is 2.41. The monoisotopic (exact) mass is 273 g/mol. The van der Waals surface area contributed by atoms with Crippen LogP contribution in [0.15, 0.2) is 42.5 Å². The van der Waals surface area contributed by atoms with Gasteiger partial charge < -0.3 is 10.4 Å². The quantitative estimate of drug-likeness (QED) is 0.872. The molecule has 0 fully saturated rings. The third-order valence-electron chi connectivity index (χ3n) is 3.57. The molecular weight excluding hydrogens is 253 g/mol. The summed E-state index contributed by atoms with van der Waals surface area (Å²) in [4.78, 5) is 0. The van der Waals surface area contributed by atoms with E-state index in [0.29, 0.717) is 5.56 Å². The molecule has 2 atom stereocenters. The Morgan fingerprint density at radius 3 is 2.25 bits per heavy atom. The second-order valence-corrected chi connectivity index (χ2v) is 5.21. The lowest BCUT2D eigenvalue weighted by atomic mass is 10.0. The highest BCUT2D eigenvalue weighted by Gasteiger charge is 2.12. The lowest BCUT2D eigenvalue weighted by molar-refractivity contribution is 0.466. The van der Waals surface area contributed by atoms with Crippen LogP contribution in [-0.2, 0) is 0 Å². The summed E-state index contributed by atoms with van der Waals surface area (Å²) in [7, 11) is 0. The van der Waals surface area contributed by atoms with E-state index < -0.39 is 0 Å². The van der Waals surface area contributed by atoms with Crippen LogP contribution < -0.4 is 5.32 Å². The second-order valence-electron chi connectivity index (χ2n) is 5.21. The predicted molar refractivity (Wildman–Crippen MR) is 79.2 cm³/mol. The zero-order valence-electron chi connectivity index (χ0n) is 12.0. The first kappa shape index (κ1) is 14.5. The number of aromatic hydroxyl groups is 1. The Kier molecular flexibility index (Phi) is 4.40. The Labute approximate surface area is 119 Å². The Hall–Kier alpha value is -1.87. The van der Waals surface area contributed by atoms with Crippen LogP contribution in [0.2, 0.25) is 0 Å². The lowest BCUT2D eigenvalue weighted by Gasteiger charge is -2.21. The van der Waals surface area contributed by atoms with E-state index in [9.17, 15) is 9.50 Å². The number of nitrogens with one attached hydrogen (secondary N) is 1. The summed E-state index contributed by atoms with van der Waals surface area (Å²) in [6, 6.07) is 12.6. The third kappa shape index (κ3) is 3.36. The van der Waals surface area contributed by atoms with Crippen LogP contribution in [-0.4, -0.2) is 5.11 Å². The van der Waals surface area contributed by atoms with E-state index in [2.05, 4.69) is 5.32 Å². The molecule has 2 unspecified atom stereocenters. The molecule has 2 nitrogen and oxygen atoms in total. The van der Waals surface area contributed by atoms with Gasteiger partial charge in [-0.2, -0.15) is 0 Å². The van der Waals surface area contributed by atoms with Gasteiger partial charge in [0, 0.05) is 12.1 Å². The molecule has 2 N–H and O–H groups in total. The molecule has 2 rings (SSSR count). The molecule has 0 aliphatic carbocycles. The van der Waals surface area contributed by atoms with Gasteiger partial charge in [0.15, 0.2) is 0 Å². The Morgan fingerprint density at radius 2 is 1.65 bits per heavy atom. The number of phenols is 1. The summed E-state index contributed by atoms with van der Waals surface area (Å²) < 4.78 is 13.6. The number of rotatable bonds is 4. The summed E-state index contributed by atoms with van der Waals surface area (Å²) in [6.45, 7) is 5.78. The van der Waals surface area contributed by atoms with Crippen LogP contribution in [0.25, 0.3) is 0 Å². The smallest absolute Gasteiger partial charge is 0.126 e. The molecule has 0 bridgehead atoms. The number of benzene rings is 2. The first-order valence-corrected chi connectivity index (χ1v) is 6.78. The van der Waals surface area contributed by atoms with Crippen molar-refractivity contribution in [2.24, 2.45) is 0 Å². The zero-order valence-corrected chi connectivity index (χ0v) is 12.0. The standard InChI is InChI=1S/C17H20FNO/c1-11-7-8-15(10-17(11)18)13(3)19-12(2)14-5-4-6-16(20)9-14/h4-10,12-13,19-20H,1-3H3. The normalized spacial score (nSPS) is 14.0. The Bertz CT molecular complexity index is 597. The number of aryl methyl sites for hydroxylation is 1. The topological polar surface area (TPSA) is 32.3 Å². The molecule has 0 heterocycles. The largest absolute Gasteiger partial charge is 0.508 e. The number of hydrogen-bond donors (Lipinski definition) is 2. The van der Waals surface area contributed by atoms with E-state index in [1.807, 2.05) is 32.0 Å². The fraction of sp³-hybridized carbons (Fsp3) is 0.294. The molecule has 0 aromatic heterocycles. The van der Waals surface area contributed by atoms with Gasteiger partial charge in [-0.3, -0.25) is 0 Å². The predicted octanol–water partition coefficient (Wildman–Crippen LogP) is 4.25. The fourth-order valence-electron chi connectivity index (χ4n) is 2.24. The van der Waals surface area contributed by atoms with Crippen molar-refractivity contribution in [2.45, 2.75) is 32.9 Å². The molecule has 106 valence electrons. The molecule has 0 radical (unpaired) electrons. The highest BCUT2D eigenvalue weighted by Crippen LogP contribution is 2.23. The summed E-state index contributed by atoms with van der Waals surface area (Å²) in [5, 5.41) is 12.9. The molecule has 0 amide bonds. The van der Waals surface area contributed by atoms with E-state index in [0.717, 1.165) is 11.1 Å². The van der Waals surface area contributed by atoms with Gasteiger partial charge in [0.25, 0.3) is 0 Å². The van der Waals surface area contributed by atoms with Crippen LogP contribution in [0.5, 0.6) is 5.75 Å². The molecule has 0 saturated heterocycles. The molecule has 20 heavy (non-hydrogen) atoms. The van der Waals surface area contributed by atoms with E-state index in [1.165, 1.54) is 0 Å². The summed E-state index contributed by atoms with van der Waals surface area (Å²) in [5.41, 5.74) is 2.58. The van der Waals surface area contributed by atoms with Crippen LogP contribution in [0.3, 0.4) is 0 Å². The lowest BCUT2D eigenvalue weighted by Crippen LogP contribution is -2.22. The molecule has 3 heteroatoms. The van der Waals surface area contributed by atoms with Crippen molar-refractivity contribution in [3.63, 3.8) is 0 Å². The molecule has 0 spiro atoms. The summed E-state index contributed by atoms with van der Waals surface area (Å²) >= 11 is 0. The van der Waals surface area contributed by atoms with Crippen molar-refractivity contribution in [1.82, 2.24) is 5.32 Å². The summed E-state index contributed by atoms with van der Waals surface area (Å²) in [6.07, 6.45) is 0. The molecule has 0 aliphatic heterocycles. The molecule has 2 aromatic carbocycles. The first-order chi connectivity index (χ1) is 9.47. The van der Waals surface area contributed by atoms with Gasteiger partial charge in [0.1, 0.15) is 11.6 Å². The molecule has 0 aliphatic rings. The zero-order chi connectivity index (χ0) is 14.7. The highest BCUT2D eigenvalue weighted by atomic mass is 19.1. The number of halogens is 1. The SMILES string of the molecule is Cc1ccc(C(C)NC(C)c2cccc(O)c2)cc1F. The Balaban J connectivity index is 2.10. The minimum atomic E-state index is -0.179. The van der Waals surface area contributed by atoms with Crippen molar-refractivity contribution in [1.29, 1.82) is 0 Å². The van der Waals surface area contributed by atoms with Crippen molar-refractivity contribution >= 4 is 0 Å². The van der Waals surface area contributed by atoms with Gasteiger partial charge in [-0.1, -0.05) is 24.3 Å². The van der Waals surface area contributed by atoms with Gasteiger partial charge in [-0.25, -0.2) is 4.39 Å². The van der Waals surface area contributed by atoms with Crippen molar-refractivity contribution < 1.29 is 9.50 Å². The first-order valence-electron chi connectivity index (χ1n) is 6.78. The van der Waals surface area contributed by atoms with E-state index in [1.54, 1.807) is 31.2 Å². The molecule has 2 aromatic rings. The Morgan fingerprint density at radius 1 is 1.00 bits per heavy atom. The van der Waals surface area contributed by atoms with Crippen LogP contribution in [0.1, 0.15) is 42.6 Å². The van der Waals surface area contributed by atoms with Gasteiger partial charge in [0.05, 0.1) is 0 Å². The van der Waals surface area contributed by atoms with Crippen LogP contribution in [0.4, 0.5) is 4.39 Å². The minimum absolute atomic E-state index is 0.0300. The average molecular weight is 273 g/mol. The van der Waals surface area contributed by atoms with Crippen LogP contribution in [0, 0.1) is 12.7 Å². The second kappa shape index (κ2) is 6.06. The minimum Gasteiger partial charge on any atom is -0.508 e. The van der Waals surface area contributed by atoms with Gasteiger partial charge in [-0.05, 0) is 55.7 Å². The van der Waals surface area contributed by atoms with Crippen molar-refractivity contribution in [3.8, 4) is 5.75 Å². The molecular formula is C17H20FNO. The van der Waals surface area contributed by atoms with E-state index >= 15 is 0 Å². The number of hydrogen-bond acceptors (Lipinski definition) is 2. The van der Waals surface area contributed by atoms with Gasteiger partial charge >= 0.3 is 0 Å². The van der Waals surface area contributed by atoms with Gasteiger partial charge in [0.2, 0.25) is 0 Å². The van der Waals surface area contributed by atoms with Crippen molar-refractivity contribution in [3.05, 3.63) is 65.0 Å². The maximum Gasteiger partial charge on any atom is 0.126 e. The highest BCUT2D eigenvalue weighted by molar-refractivity contribution is 5.30. The number of phenolic OH excluding ortho intramolecular Hbond substituents is 1. The van der Waals surface area contributed by atoms with E-state index in [-0.39, 0.29) is 23.7 Å². The van der Waals surface area contributed by atoms with Gasteiger partial charge in [-0.15, -0.1) is 0 Å². The maximum absolute atomic E-state index is 13.6. The fourth-order valence-corrected chi connectivity index (χ4v) is 2.24. The van der Waals surface area contributed by atoms with E-state index in [4.69, 9.17) is 0 Å². The maximum atomic E-state index is 13.6. The molecule has 0 saturated carbocycles. The van der Waals surface area contributed by atoms with Crippen molar-refractivity contribution in [2.75, 3.05) is 0 Å².